The minimum atomic E-state index is -1.03. The molecule has 0 aromatic heterocycles. The molecule has 134 valence electrons. The number of amides is 1. The molecule has 0 radical (unpaired) electrons. The van der Waals surface area contributed by atoms with Crippen molar-refractivity contribution >= 4 is 17.4 Å². The van der Waals surface area contributed by atoms with E-state index in [1.165, 1.54) is 6.08 Å². The molecule has 0 heterocycles. The van der Waals surface area contributed by atoms with Gasteiger partial charge in [-0.15, -0.1) is 0 Å². The maximum atomic E-state index is 13.1. The van der Waals surface area contributed by atoms with Gasteiger partial charge >= 0.3 is 0 Å². The van der Waals surface area contributed by atoms with E-state index in [9.17, 15) is 9.59 Å². The summed E-state index contributed by atoms with van der Waals surface area (Å²) in [4.78, 5) is 27.8. The van der Waals surface area contributed by atoms with Crippen LogP contribution in [0.25, 0.3) is 0 Å². The molecule has 0 saturated heterocycles. The average Bonchev–Trinajstić information content (AvgIpc) is 3.39. The smallest absolute Gasteiger partial charge is 0.239 e. The van der Waals surface area contributed by atoms with Crippen LogP contribution in [-0.2, 0) is 9.59 Å². The molecule has 26 heavy (non-hydrogen) atoms. The Morgan fingerprint density at radius 1 is 1.08 bits per heavy atom. The zero-order valence-corrected chi connectivity index (χ0v) is 15.4. The van der Waals surface area contributed by atoms with Crippen LogP contribution in [0, 0.1) is 12.3 Å². The number of allylic oxidation sites excluding steroid dienone is 1. The van der Waals surface area contributed by atoms with Crippen molar-refractivity contribution in [2.45, 2.75) is 19.3 Å². The van der Waals surface area contributed by atoms with Crippen LogP contribution in [-0.4, -0.2) is 30.7 Å². The predicted molar refractivity (Wildman–Crippen MR) is 104 cm³/mol. The van der Waals surface area contributed by atoms with Gasteiger partial charge < -0.3 is 10.2 Å². The quantitative estimate of drug-likeness (QED) is 0.639. The van der Waals surface area contributed by atoms with E-state index < -0.39 is 5.41 Å². The SMILES string of the molecule is Cc1ccc(NC(=O)C2(C(=O)/C=C/N(C)C)CC2c2ccccc2)cc1. The molecule has 1 aliphatic carbocycles. The van der Waals surface area contributed by atoms with Gasteiger partial charge in [-0.2, -0.15) is 0 Å². The highest BCUT2D eigenvalue weighted by Crippen LogP contribution is 2.60. The highest BCUT2D eigenvalue weighted by molar-refractivity contribution is 6.18. The first-order chi connectivity index (χ1) is 12.4. The third kappa shape index (κ3) is 3.54. The fraction of sp³-hybridized carbons (Fsp3) is 0.273. The van der Waals surface area contributed by atoms with Gasteiger partial charge in [0.05, 0.1) is 0 Å². The molecule has 1 fully saturated rings. The second-order valence-electron chi connectivity index (χ2n) is 7.10. The lowest BCUT2D eigenvalue weighted by molar-refractivity contribution is -0.130. The number of carbonyl (C=O) groups excluding carboxylic acids is 2. The molecule has 2 atom stereocenters. The fourth-order valence-electron chi connectivity index (χ4n) is 3.23. The van der Waals surface area contributed by atoms with E-state index in [1.54, 1.807) is 11.1 Å². The van der Waals surface area contributed by atoms with E-state index in [0.717, 1.165) is 11.1 Å². The lowest BCUT2D eigenvalue weighted by Crippen LogP contribution is -2.32. The number of ketones is 1. The second kappa shape index (κ2) is 7.16. The van der Waals surface area contributed by atoms with Gasteiger partial charge in [0.25, 0.3) is 0 Å². The molecule has 1 aliphatic rings. The number of anilines is 1. The zero-order valence-electron chi connectivity index (χ0n) is 15.4. The molecule has 2 aromatic carbocycles. The third-order valence-electron chi connectivity index (χ3n) is 4.84. The van der Waals surface area contributed by atoms with Gasteiger partial charge in [0.2, 0.25) is 5.91 Å². The normalized spacial score (nSPS) is 21.4. The van der Waals surface area contributed by atoms with E-state index >= 15 is 0 Å². The molecule has 0 aliphatic heterocycles. The molecule has 4 nitrogen and oxygen atoms in total. The topological polar surface area (TPSA) is 49.4 Å². The van der Waals surface area contributed by atoms with Crippen molar-refractivity contribution in [2.24, 2.45) is 5.41 Å². The van der Waals surface area contributed by atoms with Crippen LogP contribution in [0.3, 0.4) is 0 Å². The lowest BCUT2D eigenvalue weighted by atomic mass is 9.92. The molecule has 4 heteroatoms. The molecule has 0 spiro atoms. The number of carbonyl (C=O) groups is 2. The van der Waals surface area contributed by atoms with Crippen molar-refractivity contribution in [1.29, 1.82) is 0 Å². The van der Waals surface area contributed by atoms with Gasteiger partial charge in [-0.1, -0.05) is 48.0 Å². The molecule has 1 saturated carbocycles. The molecule has 2 aromatic rings. The van der Waals surface area contributed by atoms with E-state index in [2.05, 4.69) is 5.32 Å². The van der Waals surface area contributed by atoms with Crippen LogP contribution in [0.15, 0.2) is 66.9 Å². The van der Waals surface area contributed by atoms with Crippen LogP contribution < -0.4 is 5.32 Å². The van der Waals surface area contributed by atoms with Crippen LogP contribution in [0.5, 0.6) is 0 Å². The average molecular weight is 348 g/mol. The largest absolute Gasteiger partial charge is 0.383 e. The number of nitrogens with zero attached hydrogens (tertiary/aromatic N) is 1. The molecular weight excluding hydrogens is 324 g/mol. The van der Waals surface area contributed by atoms with E-state index in [1.807, 2.05) is 75.6 Å². The summed E-state index contributed by atoms with van der Waals surface area (Å²) in [5, 5.41) is 2.93. The van der Waals surface area contributed by atoms with Gasteiger partial charge in [-0.3, -0.25) is 9.59 Å². The Morgan fingerprint density at radius 2 is 1.73 bits per heavy atom. The number of nitrogens with one attached hydrogen (secondary N) is 1. The first-order valence-corrected chi connectivity index (χ1v) is 8.75. The van der Waals surface area contributed by atoms with Crippen LogP contribution in [0.4, 0.5) is 5.69 Å². The first-order valence-electron chi connectivity index (χ1n) is 8.75. The lowest BCUT2D eigenvalue weighted by Gasteiger charge is -2.16. The van der Waals surface area contributed by atoms with Gasteiger partial charge in [0.15, 0.2) is 5.78 Å². The summed E-state index contributed by atoms with van der Waals surface area (Å²) in [6, 6.07) is 17.4. The van der Waals surface area contributed by atoms with Crippen LogP contribution >= 0.6 is 0 Å². The van der Waals surface area contributed by atoms with Gasteiger partial charge in [0, 0.05) is 31.9 Å². The minimum absolute atomic E-state index is 0.0894. The monoisotopic (exact) mass is 348 g/mol. The van der Waals surface area contributed by atoms with Crippen LogP contribution in [0.1, 0.15) is 23.5 Å². The van der Waals surface area contributed by atoms with Crippen molar-refractivity contribution in [3.05, 3.63) is 78.0 Å². The Morgan fingerprint density at radius 3 is 2.35 bits per heavy atom. The highest BCUT2D eigenvalue weighted by Gasteiger charge is 2.64. The summed E-state index contributed by atoms with van der Waals surface area (Å²) in [5.74, 6) is -0.471. The van der Waals surface area contributed by atoms with Crippen molar-refractivity contribution in [2.75, 3.05) is 19.4 Å². The van der Waals surface area contributed by atoms with Crippen molar-refractivity contribution in [3.63, 3.8) is 0 Å². The fourth-order valence-corrected chi connectivity index (χ4v) is 3.23. The number of rotatable bonds is 6. The predicted octanol–water partition coefficient (Wildman–Crippen LogP) is 3.75. The summed E-state index contributed by atoms with van der Waals surface area (Å²) in [5.41, 5.74) is 1.83. The van der Waals surface area contributed by atoms with Gasteiger partial charge in [0.1, 0.15) is 5.41 Å². The van der Waals surface area contributed by atoms with Crippen molar-refractivity contribution < 1.29 is 9.59 Å². The number of hydrogen-bond donors (Lipinski definition) is 1. The maximum Gasteiger partial charge on any atom is 0.239 e. The minimum Gasteiger partial charge on any atom is -0.383 e. The Hall–Kier alpha value is -2.88. The van der Waals surface area contributed by atoms with E-state index in [0.29, 0.717) is 12.1 Å². The maximum absolute atomic E-state index is 13.1. The Kier molecular flexibility index (Phi) is 4.94. The molecule has 3 rings (SSSR count). The van der Waals surface area contributed by atoms with Gasteiger partial charge in [-0.05, 0) is 37.1 Å². The highest BCUT2D eigenvalue weighted by atomic mass is 16.2. The second-order valence-corrected chi connectivity index (χ2v) is 7.10. The zero-order chi connectivity index (χ0) is 18.7. The van der Waals surface area contributed by atoms with Crippen LogP contribution in [0.2, 0.25) is 0 Å². The molecular formula is C22H24N2O2. The van der Waals surface area contributed by atoms with Gasteiger partial charge in [-0.25, -0.2) is 0 Å². The summed E-state index contributed by atoms with van der Waals surface area (Å²) in [6.45, 7) is 2.00. The van der Waals surface area contributed by atoms with Crippen molar-refractivity contribution in [1.82, 2.24) is 4.90 Å². The Balaban J connectivity index is 1.87. The van der Waals surface area contributed by atoms with Crippen molar-refractivity contribution in [3.8, 4) is 0 Å². The number of aryl methyl sites for hydroxylation is 1. The molecule has 1 amide bonds. The summed E-state index contributed by atoms with van der Waals surface area (Å²) < 4.78 is 0. The first kappa shape index (κ1) is 17.9. The number of hydrogen-bond acceptors (Lipinski definition) is 3. The molecule has 2 unspecified atom stereocenters. The molecule has 0 bridgehead atoms. The van der Waals surface area contributed by atoms with E-state index in [-0.39, 0.29) is 17.6 Å². The molecule has 1 N–H and O–H groups in total. The summed E-state index contributed by atoms with van der Waals surface area (Å²) in [6.07, 6.45) is 3.74. The Bertz CT molecular complexity index is 825. The number of benzene rings is 2. The third-order valence-corrected chi connectivity index (χ3v) is 4.84. The standard InChI is InChI=1S/C22H24N2O2/c1-16-9-11-18(12-10-16)23-21(26)22(20(25)13-14-24(2)3)15-19(22)17-7-5-4-6-8-17/h4-14,19H,15H2,1-3H3,(H,23,26)/b14-13+. The Labute approximate surface area is 154 Å². The van der Waals surface area contributed by atoms with E-state index in [4.69, 9.17) is 0 Å². The summed E-state index contributed by atoms with van der Waals surface area (Å²) >= 11 is 0. The summed E-state index contributed by atoms with van der Waals surface area (Å²) in [7, 11) is 3.70.